The van der Waals surface area contributed by atoms with E-state index in [9.17, 15) is 27.2 Å². The second-order valence-corrected chi connectivity index (χ2v) is 21.7. The van der Waals surface area contributed by atoms with Crippen molar-refractivity contribution in [2.24, 2.45) is 22.7 Å². The Balaban J connectivity index is 1.07. The summed E-state index contributed by atoms with van der Waals surface area (Å²) in [5, 5.41) is 3.49. The van der Waals surface area contributed by atoms with E-state index in [0.717, 1.165) is 31.4 Å². The van der Waals surface area contributed by atoms with Crippen LogP contribution in [0, 0.1) is 28.5 Å². The van der Waals surface area contributed by atoms with Gasteiger partial charge in [0, 0.05) is 48.4 Å². The highest BCUT2D eigenvalue weighted by molar-refractivity contribution is 7.90. The Morgan fingerprint density at radius 1 is 1.00 bits per heavy atom. The number of Topliss-reactive ketones (excluding diaryl/α,β-unsaturated/α-hetero) is 1. The van der Waals surface area contributed by atoms with Crippen LogP contribution < -0.4 is 19.5 Å². The fourth-order valence-corrected chi connectivity index (χ4v) is 11.3. The van der Waals surface area contributed by atoms with E-state index < -0.39 is 79.4 Å². The van der Waals surface area contributed by atoms with Crippen LogP contribution in [0.1, 0.15) is 95.2 Å². The molecule has 2 saturated carbocycles. The van der Waals surface area contributed by atoms with Crippen LogP contribution >= 0.6 is 0 Å². The second-order valence-electron chi connectivity index (χ2n) is 19.7. The van der Waals surface area contributed by atoms with Crippen molar-refractivity contribution in [1.82, 2.24) is 29.5 Å². The molecule has 0 bridgehead atoms. The van der Waals surface area contributed by atoms with E-state index in [0.29, 0.717) is 57.8 Å². The number of ketones is 1. The average Bonchev–Trinajstić information content (AvgIpc) is 4.22. The van der Waals surface area contributed by atoms with Gasteiger partial charge in [0.05, 0.1) is 64.6 Å². The third-order valence-corrected chi connectivity index (χ3v) is 15.9. The molecule has 352 valence electrons. The first-order chi connectivity index (χ1) is 32.0. The van der Waals surface area contributed by atoms with Crippen LogP contribution in [0.4, 0.5) is 4.39 Å². The number of ether oxygens (including phenoxy) is 2. The molecule has 6 atom stereocenters. The van der Waals surface area contributed by atoms with Gasteiger partial charge in [0.1, 0.15) is 29.2 Å². The minimum absolute atomic E-state index is 0.0265. The number of piperidine rings is 1. The average molecular weight is 933 g/mol. The summed E-state index contributed by atoms with van der Waals surface area (Å²) < 4.78 is 56.6. The lowest BCUT2D eigenvalue weighted by atomic mass is 9.77. The number of likely N-dealkylation sites (tertiary alicyclic amines) is 1. The highest BCUT2D eigenvalue weighted by Gasteiger charge is 2.61. The number of aromatic nitrogens is 3. The van der Waals surface area contributed by atoms with E-state index in [4.69, 9.17) is 19.4 Å². The van der Waals surface area contributed by atoms with E-state index in [1.54, 1.807) is 19.3 Å². The lowest BCUT2D eigenvalue weighted by Gasteiger charge is -2.35. The standard InChI is InChI=1S/C51H57FN6O8S/c1-6-31-27-51(31,49(62)56-67(63,64)35-17-18-35)28-44(59)43-24-34(66-45-26-39(30-12-8-7-9-13-30)54-40-23-33(65-5)16-19-36(40)45)29-57(43)48(61)37(50(2,3)4)25-46(60)58-42-20-15-32(52)22-41(42)55-47(58)38-14-10-11-21-53-38/h6-9,12-13,15-16,19-20,22-23,26,31,34-35,37-38,43,53H,1,10-11,14,17-18,21,24-25,27-29H2,2-5H3,(H,56,62)/t31-,34-,37-,38?,43+,51-/m1/s1. The summed E-state index contributed by atoms with van der Waals surface area (Å²) in [7, 11) is -2.34. The van der Waals surface area contributed by atoms with Crippen molar-refractivity contribution in [3.8, 4) is 22.8 Å². The zero-order chi connectivity index (χ0) is 47.4. The molecular formula is C51H57FN6O8S. The smallest absolute Gasteiger partial charge is 0.240 e. The van der Waals surface area contributed by atoms with E-state index in [-0.39, 0.29) is 38.3 Å². The summed E-state index contributed by atoms with van der Waals surface area (Å²) in [6, 6.07) is 19.7. The van der Waals surface area contributed by atoms with Crippen LogP contribution in [0.25, 0.3) is 33.2 Å². The Labute approximate surface area is 389 Å². The van der Waals surface area contributed by atoms with Gasteiger partial charge in [-0.05, 0) is 74.2 Å². The van der Waals surface area contributed by atoms with Gasteiger partial charge >= 0.3 is 0 Å². The topological polar surface area (TPSA) is 179 Å². The number of hydrogen-bond donors (Lipinski definition) is 2. The maximum absolute atomic E-state index is 15.4. The molecular weight excluding hydrogens is 876 g/mol. The summed E-state index contributed by atoms with van der Waals surface area (Å²) in [6.45, 7) is 10.2. The molecule has 2 N–H and O–H groups in total. The highest BCUT2D eigenvalue weighted by Crippen LogP contribution is 2.57. The molecule has 3 aromatic carbocycles. The summed E-state index contributed by atoms with van der Waals surface area (Å²) in [5.41, 5.74) is 0.689. The minimum Gasteiger partial charge on any atom is -0.497 e. The Bertz CT molecular complexity index is 2890. The van der Waals surface area contributed by atoms with Crippen molar-refractivity contribution < 1.29 is 41.5 Å². The van der Waals surface area contributed by atoms with Crippen molar-refractivity contribution in [2.45, 2.75) is 102 Å². The molecule has 1 unspecified atom stereocenters. The van der Waals surface area contributed by atoms with Crippen LogP contribution in [0.15, 0.2) is 85.5 Å². The van der Waals surface area contributed by atoms with Gasteiger partial charge in [-0.2, -0.15) is 0 Å². The normalized spacial score (nSPS) is 23.4. The van der Waals surface area contributed by atoms with Gasteiger partial charge in [-0.25, -0.2) is 22.8 Å². The van der Waals surface area contributed by atoms with Crippen LogP contribution in [0.2, 0.25) is 0 Å². The van der Waals surface area contributed by atoms with Crippen molar-refractivity contribution in [2.75, 3.05) is 20.2 Å². The number of carbonyl (C=O) groups is 4. The number of sulfonamides is 1. The lowest BCUT2D eigenvalue weighted by Crippen LogP contribution is -2.49. The molecule has 2 aliphatic carbocycles. The molecule has 9 rings (SSSR count). The monoisotopic (exact) mass is 932 g/mol. The number of pyridine rings is 1. The van der Waals surface area contributed by atoms with Crippen molar-refractivity contribution in [1.29, 1.82) is 0 Å². The molecule has 16 heteroatoms. The number of nitrogens with one attached hydrogen (secondary N) is 2. The van der Waals surface area contributed by atoms with Crippen LogP contribution in [-0.4, -0.2) is 89.0 Å². The Morgan fingerprint density at radius 3 is 2.45 bits per heavy atom. The SMILES string of the molecule is C=C[C@@H]1C[C@]1(CC(=O)[C@@H]1C[C@@H](Oc2cc(-c3ccccc3)nc3cc(OC)ccc23)CN1C(=O)[C@@H](CC(=O)n1c(C2CCCCN2)nc2cc(F)ccc21)C(C)(C)C)C(=O)NS(=O)(=O)C1CC1. The number of nitrogens with zero attached hydrogens (tertiary/aromatic N) is 4. The van der Waals surface area contributed by atoms with Gasteiger partial charge in [0.2, 0.25) is 27.7 Å². The molecule has 0 spiro atoms. The summed E-state index contributed by atoms with van der Waals surface area (Å²) in [6.07, 6.45) is 4.08. The van der Waals surface area contributed by atoms with E-state index in [1.807, 2.05) is 69.3 Å². The molecule has 5 aromatic rings. The number of carbonyl (C=O) groups excluding carboxylic acids is 4. The van der Waals surface area contributed by atoms with Crippen LogP contribution in [0.5, 0.6) is 11.5 Å². The molecule has 2 aromatic heterocycles. The number of methoxy groups -OCH3 is 1. The number of rotatable bonds is 15. The van der Waals surface area contributed by atoms with Crippen molar-refractivity contribution in [3.63, 3.8) is 0 Å². The molecule has 0 radical (unpaired) electrons. The Morgan fingerprint density at radius 2 is 1.78 bits per heavy atom. The van der Waals surface area contributed by atoms with Gasteiger partial charge in [-0.1, -0.05) is 63.6 Å². The fraction of sp³-hybridized carbons (Fsp3) is 0.451. The van der Waals surface area contributed by atoms with Gasteiger partial charge in [-0.3, -0.25) is 28.5 Å². The maximum Gasteiger partial charge on any atom is 0.240 e. The van der Waals surface area contributed by atoms with Gasteiger partial charge in [0.25, 0.3) is 0 Å². The first-order valence-corrected chi connectivity index (χ1v) is 24.7. The molecule has 14 nitrogen and oxygen atoms in total. The Hall–Kier alpha value is -6.00. The molecule has 4 aliphatic rings. The predicted octanol–water partition coefficient (Wildman–Crippen LogP) is 7.71. The minimum atomic E-state index is -3.92. The van der Waals surface area contributed by atoms with Gasteiger partial charge in [-0.15, -0.1) is 6.58 Å². The molecule has 4 fully saturated rings. The molecule has 2 amide bonds. The number of amides is 2. The maximum atomic E-state index is 15.4. The zero-order valence-electron chi connectivity index (χ0n) is 38.3. The molecule has 67 heavy (non-hydrogen) atoms. The summed E-state index contributed by atoms with van der Waals surface area (Å²) in [5.74, 6) is -2.38. The van der Waals surface area contributed by atoms with E-state index in [1.165, 1.54) is 27.7 Å². The third-order valence-electron chi connectivity index (χ3n) is 14.1. The third kappa shape index (κ3) is 9.21. The van der Waals surface area contributed by atoms with Crippen LogP contribution in [0.3, 0.4) is 0 Å². The molecule has 2 saturated heterocycles. The van der Waals surface area contributed by atoms with Crippen molar-refractivity contribution in [3.05, 3.63) is 97.1 Å². The lowest BCUT2D eigenvalue weighted by molar-refractivity contribution is -0.144. The fourth-order valence-electron chi connectivity index (χ4n) is 9.95. The molecule has 4 heterocycles. The number of imidazole rings is 1. The zero-order valence-corrected chi connectivity index (χ0v) is 39.1. The Kier molecular flexibility index (Phi) is 12.3. The quantitative estimate of drug-likeness (QED) is 0.0983. The number of fused-ring (bicyclic) bond motifs is 2. The molecule has 2 aliphatic heterocycles. The number of allylic oxidation sites excluding steroid dienone is 1. The van der Waals surface area contributed by atoms with Crippen LogP contribution in [-0.2, 0) is 24.4 Å². The summed E-state index contributed by atoms with van der Waals surface area (Å²) in [4.78, 5) is 70.2. The number of halogens is 1. The summed E-state index contributed by atoms with van der Waals surface area (Å²) >= 11 is 0. The van der Waals surface area contributed by atoms with E-state index >= 15 is 4.79 Å². The predicted molar refractivity (Wildman–Crippen MR) is 251 cm³/mol. The van der Waals surface area contributed by atoms with Crippen molar-refractivity contribution >= 4 is 55.5 Å². The number of hydrogen-bond acceptors (Lipinski definition) is 11. The highest BCUT2D eigenvalue weighted by atomic mass is 32.2. The van der Waals surface area contributed by atoms with Gasteiger partial charge < -0.3 is 19.7 Å². The first-order valence-electron chi connectivity index (χ1n) is 23.2. The second kappa shape index (κ2) is 17.9. The van der Waals surface area contributed by atoms with Gasteiger partial charge in [0.15, 0.2) is 5.78 Å². The van der Waals surface area contributed by atoms with E-state index in [2.05, 4.69) is 16.6 Å². The largest absolute Gasteiger partial charge is 0.497 e. The number of benzene rings is 3. The first kappa shape index (κ1) is 46.1.